The summed E-state index contributed by atoms with van der Waals surface area (Å²) in [6.07, 6.45) is -3.90. The van der Waals surface area contributed by atoms with E-state index in [4.69, 9.17) is 5.11 Å². The van der Waals surface area contributed by atoms with E-state index in [-0.39, 0.29) is 16.8 Å². The minimum absolute atomic E-state index is 0.183. The Hall–Kier alpha value is -2.62. The number of carboxylic acids is 1. The Balaban J connectivity index is 2.47. The van der Waals surface area contributed by atoms with Crippen LogP contribution in [-0.4, -0.2) is 25.7 Å². The fraction of sp³-hybridized carbons (Fsp3) is 0.188. The van der Waals surface area contributed by atoms with Crippen molar-refractivity contribution in [1.82, 2.24) is 0 Å². The highest BCUT2D eigenvalue weighted by atomic mass is 32.2. The molecule has 0 aliphatic rings. The van der Waals surface area contributed by atoms with Crippen LogP contribution in [0, 0.1) is 5.82 Å². The van der Waals surface area contributed by atoms with Crippen LogP contribution in [-0.2, 0) is 22.7 Å². The third-order valence-electron chi connectivity index (χ3n) is 3.48. The van der Waals surface area contributed by atoms with Gasteiger partial charge in [0.2, 0.25) is 10.0 Å². The van der Waals surface area contributed by atoms with Gasteiger partial charge in [0, 0.05) is 5.56 Å². The summed E-state index contributed by atoms with van der Waals surface area (Å²) in [7, 11) is -4.04. The molecule has 26 heavy (non-hydrogen) atoms. The minimum atomic E-state index is -4.67. The van der Waals surface area contributed by atoms with E-state index in [0.717, 1.165) is 36.6 Å². The van der Waals surface area contributed by atoms with E-state index in [2.05, 4.69) is 0 Å². The molecule has 0 aromatic heterocycles. The lowest BCUT2D eigenvalue weighted by molar-refractivity contribution is -0.137. The molecular weight excluding hydrogens is 378 g/mol. The molecule has 0 radical (unpaired) electrons. The number of carbonyl (C=O) groups is 1. The molecule has 0 saturated heterocycles. The van der Waals surface area contributed by atoms with Crippen molar-refractivity contribution in [3.63, 3.8) is 0 Å². The molecule has 0 bridgehead atoms. The van der Waals surface area contributed by atoms with Crippen LogP contribution < -0.4 is 4.31 Å². The second-order valence-corrected chi connectivity index (χ2v) is 7.34. The molecule has 0 fully saturated rings. The summed E-state index contributed by atoms with van der Waals surface area (Å²) in [5.41, 5.74) is -1.86. The number of hydrogen-bond acceptors (Lipinski definition) is 3. The lowest BCUT2D eigenvalue weighted by Gasteiger charge is -2.23. The van der Waals surface area contributed by atoms with Crippen molar-refractivity contribution >= 4 is 21.7 Å². The molecule has 2 aromatic carbocycles. The topological polar surface area (TPSA) is 74.7 Å². The number of sulfonamides is 1. The third-order valence-corrected chi connectivity index (χ3v) is 4.62. The molecule has 140 valence electrons. The van der Waals surface area contributed by atoms with Crippen molar-refractivity contribution in [2.75, 3.05) is 10.6 Å². The van der Waals surface area contributed by atoms with Gasteiger partial charge < -0.3 is 5.11 Å². The van der Waals surface area contributed by atoms with Crippen molar-refractivity contribution in [2.24, 2.45) is 0 Å². The molecule has 0 atom stereocenters. The Labute approximate surface area is 146 Å². The Morgan fingerprint density at radius 2 is 1.81 bits per heavy atom. The molecule has 10 heteroatoms. The standard InChI is InChI=1S/C16H13F4NO4S/c1-26(24,25)21(13-4-2-3-12(8-13)16(18,19)20)9-11-6-5-10(15(22)23)7-14(11)17/h2-8H,9H2,1H3,(H,22,23). The molecule has 0 aliphatic carbocycles. The molecule has 0 aliphatic heterocycles. The van der Waals surface area contributed by atoms with Gasteiger partial charge in [0.15, 0.2) is 0 Å². The number of nitrogens with zero attached hydrogens (tertiary/aromatic N) is 1. The number of benzene rings is 2. The summed E-state index contributed by atoms with van der Waals surface area (Å²) >= 11 is 0. The zero-order valence-electron chi connectivity index (χ0n) is 13.3. The summed E-state index contributed by atoms with van der Waals surface area (Å²) in [5, 5.41) is 8.82. The number of hydrogen-bond donors (Lipinski definition) is 1. The molecule has 2 aromatic rings. The van der Waals surface area contributed by atoms with Crippen LogP contribution in [0.25, 0.3) is 0 Å². The predicted octanol–water partition coefficient (Wildman–Crippen LogP) is 3.51. The first-order valence-corrected chi connectivity index (χ1v) is 8.91. The van der Waals surface area contributed by atoms with Crippen LogP contribution in [0.4, 0.5) is 23.2 Å². The molecule has 0 saturated carbocycles. The SMILES string of the molecule is CS(=O)(=O)N(Cc1ccc(C(=O)O)cc1F)c1cccc(C(F)(F)F)c1. The van der Waals surface area contributed by atoms with Gasteiger partial charge in [-0.25, -0.2) is 17.6 Å². The number of carboxylic acid groups (broad SMARTS) is 1. The highest BCUT2D eigenvalue weighted by Crippen LogP contribution is 2.32. The maximum absolute atomic E-state index is 14.1. The van der Waals surface area contributed by atoms with E-state index in [1.807, 2.05) is 0 Å². The number of aromatic carboxylic acids is 1. The lowest BCUT2D eigenvalue weighted by atomic mass is 10.1. The maximum atomic E-state index is 14.1. The van der Waals surface area contributed by atoms with Crippen LogP contribution >= 0.6 is 0 Å². The lowest BCUT2D eigenvalue weighted by Crippen LogP contribution is -2.30. The average molecular weight is 391 g/mol. The largest absolute Gasteiger partial charge is 0.478 e. The van der Waals surface area contributed by atoms with Crippen molar-refractivity contribution in [2.45, 2.75) is 12.7 Å². The number of anilines is 1. The van der Waals surface area contributed by atoms with Crippen molar-refractivity contribution in [3.8, 4) is 0 Å². The Kier molecular flexibility index (Phi) is 5.26. The highest BCUT2D eigenvalue weighted by molar-refractivity contribution is 7.92. The summed E-state index contributed by atoms with van der Waals surface area (Å²) in [6.45, 7) is -0.591. The smallest absolute Gasteiger partial charge is 0.416 e. The molecule has 2 rings (SSSR count). The Bertz CT molecular complexity index is 942. The zero-order valence-corrected chi connectivity index (χ0v) is 14.1. The van der Waals surface area contributed by atoms with Gasteiger partial charge in [-0.3, -0.25) is 4.31 Å². The normalized spacial score (nSPS) is 12.0. The zero-order chi connectivity index (χ0) is 19.7. The monoisotopic (exact) mass is 391 g/mol. The number of halogens is 4. The van der Waals surface area contributed by atoms with Crippen LogP contribution in [0.1, 0.15) is 21.5 Å². The molecule has 0 unspecified atom stereocenters. The molecule has 0 heterocycles. The number of alkyl halides is 3. The summed E-state index contributed by atoms with van der Waals surface area (Å²) in [4.78, 5) is 10.8. The fourth-order valence-corrected chi connectivity index (χ4v) is 3.07. The van der Waals surface area contributed by atoms with Crippen molar-refractivity contribution in [3.05, 3.63) is 65.0 Å². The molecular formula is C16H13F4NO4S. The van der Waals surface area contributed by atoms with E-state index in [1.165, 1.54) is 0 Å². The maximum Gasteiger partial charge on any atom is 0.416 e. The van der Waals surface area contributed by atoms with Gasteiger partial charge in [-0.15, -0.1) is 0 Å². The molecule has 1 N–H and O–H groups in total. The van der Waals surface area contributed by atoms with Crippen LogP contribution in [0.15, 0.2) is 42.5 Å². The van der Waals surface area contributed by atoms with Gasteiger partial charge in [0.25, 0.3) is 0 Å². The van der Waals surface area contributed by atoms with Crippen LogP contribution in [0.3, 0.4) is 0 Å². The number of rotatable bonds is 5. The second-order valence-electron chi connectivity index (χ2n) is 5.43. The first-order chi connectivity index (χ1) is 11.9. The van der Waals surface area contributed by atoms with Gasteiger partial charge in [-0.05, 0) is 30.3 Å². The Morgan fingerprint density at radius 3 is 2.31 bits per heavy atom. The van der Waals surface area contributed by atoms with E-state index in [9.17, 15) is 30.8 Å². The summed E-state index contributed by atoms with van der Waals surface area (Å²) in [6, 6.07) is 6.49. The highest BCUT2D eigenvalue weighted by Gasteiger charge is 2.31. The minimum Gasteiger partial charge on any atom is -0.478 e. The third kappa shape index (κ3) is 4.51. The Morgan fingerprint density at radius 1 is 1.15 bits per heavy atom. The van der Waals surface area contributed by atoms with Crippen LogP contribution in [0.2, 0.25) is 0 Å². The molecule has 0 spiro atoms. The van der Waals surface area contributed by atoms with Gasteiger partial charge in [-0.1, -0.05) is 12.1 Å². The predicted molar refractivity (Wildman–Crippen MR) is 85.8 cm³/mol. The van der Waals surface area contributed by atoms with Gasteiger partial charge in [0.1, 0.15) is 5.82 Å². The summed E-state index contributed by atoms with van der Waals surface area (Å²) < 4.78 is 77.3. The van der Waals surface area contributed by atoms with Crippen LogP contribution in [0.5, 0.6) is 0 Å². The molecule has 0 amide bonds. The first kappa shape index (κ1) is 19.7. The second kappa shape index (κ2) is 6.94. The van der Waals surface area contributed by atoms with E-state index in [0.29, 0.717) is 16.4 Å². The van der Waals surface area contributed by atoms with Crippen molar-refractivity contribution in [1.29, 1.82) is 0 Å². The van der Waals surface area contributed by atoms with E-state index < -0.39 is 40.1 Å². The molecule has 5 nitrogen and oxygen atoms in total. The van der Waals surface area contributed by atoms with E-state index in [1.54, 1.807) is 0 Å². The first-order valence-electron chi connectivity index (χ1n) is 7.06. The fourth-order valence-electron chi connectivity index (χ4n) is 2.20. The quantitative estimate of drug-likeness (QED) is 0.792. The van der Waals surface area contributed by atoms with Gasteiger partial charge >= 0.3 is 12.1 Å². The average Bonchev–Trinajstić information content (AvgIpc) is 2.51. The van der Waals surface area contributed by atoms with Gasteiger partial charge in [0.05, 0.1) is 29.6 Å². The van der Waals surface area contributed by atoms with E-state index >= 15 is 0 Å². The van der Waals surface area contributed by atoms with Gasteiger partial charge in [-0.2, -0.15) is 13.2 Å². The van der Waals surface area contributed by atoms with Crippen molar-refractivity contribution < 1.29 is 35.9 Å². The summed E-state index contributed by atoms with van der Waals surface area (Å²) in [5.74, 6) is -2.35.